The molecule has 2 amide bonds. The van der Waals surface area contributed by atoms with Crippen molar-refractivity contribution >= 4 is 12.2 Å². The molecule has 1 fully saturated rings. The molecule has 0 aliphatic carbocycles. The van der Waals surface area contributed by atoms with Gasteiger partial charge in [0.25, 0.3) is 0 Å². The maximum atomic E-state index is 12.3. The summed E-state index contributed by atoms with van der Waals surface area (Å²) in [6.45, 7) is 11.2. The summed E-state index contributed by atoms with van der Waals surface area (Å²) in [4.78, 5) is 39.3. The highest BCUT2D eigenvalue weighted by atomic mass is 16.6. The molecule has 0 atom stereocenters. The van der Waals surface area contributed by atoms with Crippen LogP contribution < -0.4 is 4.74 Å². The summed E-state index contributed by atoms with van der Waals surface area (Å²) in [7, 11) is 0. The number of fused-ring (bicyclic) bond motifs is 1. The van der Waals surface area contributed by atoms with Gasteiger partial charge in [0.2, 0.25) is 0 Å². The summed E-state index contributed by atoms with van der Waals surface area (Å²) in [5.41, 5.74) is 2.30. The first-order valence-electron chi connectivity index (χ1n) is 12.9. The van der Waals surface area contributed by atoms with E-state index in [4.69, 9.17) is 14.2 Å². The van der Waals surface area contributed by atoms with Gasteiger partial charge in [-0.05, 0) is 32.8 Å². The van der Waals surface area contributed by atoms with Gasteiger partial charge in [-0.2, -0.15) is 4.98 Å². The van der Waals surface area contributed by atoms with Crippen LogP contribution in [0, 0.1) is 0 Å². The lowest BCUT2D eigenvalue weighted by Crippen LogP contribution is -2.49. The second-order valence-electron chi connectivity index (χ2n) is 10.3. The van der Waals surface area contributed by atoms with Crippen LogP contribution in [0.2, 0.25) is 0 Å². The third-order valence-electron chi connectivity index (χ3n) is 6.25. The molecule has 10 nitrogen and oxygen atoms in total. The second kappa shape index (κ2) is 12.2. The van der Waals surface area contributed by atoms with Crippen molar-refractivity contribution in [3.05, 3.63) is 53.3 Å². The van der Waals surface area contributed by atoms with Gasteiger partial charge in [0.15, 0.2) is 0 Å². The van der Waals surface area contributed by atoms with Crippen LogP contribution in [0.5, 0.6) is 6.01 Å². The zero-order chi connectivity index (χ0) is 26.3. The number of benzene rings is 1. The Morgan fingerprint density at radius 1 is 0.973 bits per heavy atom. The van der Waals surface area contributed by atoms with Crippen LogP contribution in [0.4, 0.5) is 9.59 Å². The van der Waals surface area contributed by atoms with Crippen molar-refractivity contribution in [2.75, 3.05) is 45.9 Å². The van der Waals surface area contributed by atoms with Crippen LogP contribution in [0.3, 0.4) is 0 Å². The number of carbonyl (C=O) groups is 2. The van der Waals surface area contributed by atoms with Gasteiger partial charge in [-0.15, -0.1) is 0 Å². The first-order valence-corrected chi connectivity index (χ1v) is 12.9. The molecule has 2 aromatic rings. The van der Waals surface area contributed by atoms with Crippen molar-refractivity contribution in [3.8, 4) is 6.01 Å². The highest BCUT2D eigenvalue weighted by molar-refractivity contribution is 5.68. The van der Waals surface area contributed by atoms with Gasteiger partial charge in [0.05, 0.1) is 18.8 Å². The maximum absolute atomic E-state index is 12.3. The SMILES string of the molecule is CC(C)(C)OC(=O)N1CCc2nc(OCCCN3CCN(C(=O)OCc4ccccc4)CC3)ncc2C1. The highest BCUT2D eigenvalue weighted by Gasteiger charge is 2.27. The Kier molecular flexibility index (Phi) is 8.81. The number of hydrogen-bond donors (Lipinski definition) is 0. The van der Waals surface area contributed by atoms with Crippen LogP contribution >= 0.6 is 0 Å². The molecular weight excluding hydrogens is 474 g/mol. The molecule has 0 spiro atoms. The number of rotatable bonds is 7. The summed E-state index contributed by atoms with van der Waals surface area (Å²) < 4.78 is 16.7. The fraction of sp³-hybridized carbons (Fsp3) is 0.556. The molecule has 200 valence electrons. The molecule has 10 heteroatoms. The molecule has 0 radical (unpaired) electrons. The zero-order valence-corrected chi connectivity index (χ0v) is 22.0. The average Bonchev–Trinajstić information content (AvgIpc) is 2.89. The van der Waals surface area contributed by atoms with Crippen LogP contribution in [-0.2, 0) is 29.0 Å². The highest BCUT2D eigenvalue weighted by Crippen LogP contribution is 2.21. The van der Waals surface area contributed by atoms with Gasteiger partial charge in [-0.1, -0.05) is 30.3 Å². The van der Waals surface area contributed by atoms with E-state index in [-0.39, 0.29) is 12.2 Å². The fourth-order valence-electron chi connectivity index (χ4n) is 4.27. The van der Waals surface area contributed by atoms with E-state index in [0.29, 0.717) is 51.8 Å². The molecule has 0 unspecified atom stereocenters. The van der Waals surface area contributed by atoms with Gasteiger partial charge in [0.1, 0.15) is 12.2 Å². The van der Waals surface area contributed by atoms with Crippen molar-refractivity contribution < 1.29 is 23.8 Å². The molecule has 4 rings (SSSR count). The molecule has 1 aromatic carbocycles. The summed E-state index contributed by atoms with van der Waals surface area (Å²) >= 11 is 0. The van der Waals surface area contributed by atoms with E-state index in [9.17, 15) is 9.59 Å². The molecule has 2 aliphatic heterocycles. The van der Waals surface area contributed by atoms with Crippen LogP contribution in [0.1, 0.15) is 44.0 Å². The Hall–Kier alpha value is -3.40. The molecule has 0 bridgehead atoms. The van der Waals surface area contributed by atoms with Crippen molar-refractivity contribution in [1.82, 2.24) is 24.7 Å². The van der Waals surface area contributed by atoms with E-state index in [1.807, 2.05) is 51.1 Å². The number of carbonyl (C=O) groups excluding carboxylic acids is 2. The van der Waals surface area contributed by atoms with Crippen LogP contribution in [0.15, 0.2) is 36.5 Å². The van der Waals surface area contributed by atoms with E-state index < -0.39 is 5.60 Å². The first kappa shape index (κ1) is 26.7. The number of aromatic nitrogens is 2. The predicted molar refractivity (Wildman–Crippen MR) is 137 cm³/mol. The lowest BCUT2D eigenvalue weighted by molar-refractivity contribution is 0.0222. The smallest absolute Gasteiger partial charge is 0.410 e. The molecule has 3 heterocycles. The summed E-state index contributed by atoms with van der Waals surface area (Å²) in [6.07, 6.45) is 2.65. The van der Waals surface area contributed by atoms with Crippen LogP contribution in [0.25, 0.3) is 0 Å². The van der Waals surface area contributed by atoms with Gasteiger partial charge >= 0.3 is 18.2 Å². The van der Waals surface area contributed by atoms with Gasteiger partial charge < -0.3 is 24.0 Å². The lowest BCUT2D eigenvalue weighted by atomic mass is 10.1. The maximum Gasteiger partial charge on any atom is 0.410 e. The zero-order valence-electron chi connectivity index (χ0n) is 22.0. The summed E-state index contributed by atoms with van der Waals surface area (Å²) in [5, 5.41) is 0. The normalized spacial score (nSPS) is 16.2. The number of ether oxygens (including phenoxy) is 3. The largest absolute Gasteiger partial charge is 0.463 e. The molecule has 0 N–H and O–H groups in total. The molecule has 37 heavy (non-hydrogen) atoms. The van der Waals surface area contributed by atoms with Gasteiger partial charge in [-0.25, -0.2) is 14.6 Å². The minimum Gasteiger partial charge on any atom is -0.463 e. The van der Waals surface area contributed by atoms with Crippen molar-refractivity contribution in [1.29, 1.82) is 0 Å². The van der Waals surface area contributed by atoms with Crippen molar-refractivity contribution in [2.24, 2.45) is 0 Å². The fourth-order valence-corrected chi connectivity index (χ4v) is 4.27. The molecule has 0 saturated carbocycles. The quantitative estimate of drug-likeness (QED) is 0.521. The minimum absolute atomic E-state index is 0.259. The first-order chi connectivity index (χ1) is 17.8. The predicted octanol–water partition coefficient (Wildman–Crippen LogP) is 3.49. The number of hydrogen-bond acceptors (Lipinski definition) is 8. The summed E-state index contributed by atoms with van der Waals surface area (Å²) in [5.74, 6) is 0. The third kappa shape index (κ3) is 8.04. The Morgan fingerprint density at radius 2 is 1.73 bits per heavy atom. The minimum atomic E-state index is -0.520. The molecule has 2 aliphatic rings. The van der Waals surface area contributed by atoms with E-state index in [1.54, 1.807) is 16.0 Å². The average molecular weight is 512 g/mol. The number of piperazine rings is 1. The monoisotopic (exact) mass is 511 g/mol. The van der Waals surface area contributed by atoms with Gasteiger partial charge in [0, 0.05) is 57.4 Å². The number of amides is 2. The number of nitrogens with zero attached hydrogens (tertiary/aromatic N) is 5. The van der Waals surface area contributed by atoms with Gasteiger partial charge in [-0.3, -0.25) is 4.90 Å². The van der Waals surface area contributed by atoms with E-state index in [2.05, 4.69) is 14.9 Å². The lowest BCUT2D eigenvalue weighted by Gasteiger charge is -2.34. The Balaban J connectivity index is 1.12. The third-order valence-corrected chi connectivity index (χ3v) is 6.25. The standard InChI is InChI=1S/C27H37N5O5/c1-27(2,3)37-26(34)32-12-10-23-22(19-32)18-28-24(29-23)35-17-7-11-30-13-15-31(16-14-30)25(33)36-20-21-8-5-4-6-9-21/h4-6,8-9,18H,7,10-17,19-20H2,1-3H3. The molecule has 1 aromatic heterocycles. The summed E-state index contributed by atoms with van der Waals surface area (Å²) in [6, 6.07) is 10.1. The van der Waals surface area contributed by atoms with Crippen molar-refractivity contribution in [2.45, 2.75) is 52.4 Å². The topological polar surface area (TPSA) is 97.3 Å². The van der Waals surface area contributed by atoms with Crippen LogP contribution in [-0.4, -0.2) is 88.3 Å². The van der Waals surface area contributed by atoms with E-state index in [0.717, 1.165) is 42.9 Å². The van der Waals surface area contributed by atoms with E-state index >= 15 is 0 Å². The Morgan fingerprint density at radius 3 is 2.46 bits per heavy atom. The Labute approximate surface area is 218 Å². The van der Waals surface area contributed by atoms with Crippen molar-refractivity contribution in [3.63, 3.8) is 0 Å². The molecular formula is C27H37N5O5. The Bertz CT molecular complexity index is 1050. The molecule has 1 saturated heterocycles. The second-order valence-corrected chi connectivity index (χ2v) is 10.3. The van der Waals surface area contributed by atoms with E-state index in [1.165, 1.54) is 0 Å².